The molecule has 0 N–H and O–H groups in total. The lowest BCUT2D eigenvalue weighted by Crippen LogP contribution is -1.99. The van der Waals surface area contributed by atoms with Crippen LogP contribution in [0.1, 0.15) is 88.5 Å². The molecule has 2 heteroatoms. The van der Waals surface area contributed by atoms with E-state index in [0.29, 0.717) is 0 Å². The van der Waals surface area contributed by atoms with E-state index in [4.69, 9.17) is 4.74 Å². The zero-order valence-electron chi connectivity index (χ0n) is 20.1. The Morgan fingerprint density at radius 2 is 1.34 bits per heavy atom. The van der Waals surface area contributed by atoms with Gasteiger partial charge in [-0.15, -0.1) is 0 Å². The van der Waals surface area contributed by atoms with E-state index in [2.05, 4.69) is 86.4 Å². The van der Waals surface area contributed by atoms with Crippen molar-refractivity contribution in [2.45, 2.75) is 78.1 Å². The van der Waals surface area contributed by atoms with Crippen LogP contribution in [0.5, 0.6) is 5.75 Å². The monoisotopic (exact) mass is 429 g/mol. The molecule has 1 atom stereocenters. The molecule has 1 aromatic heterocycles. The minimum Gasteiger partial charge on any atom is -0.494 e. The lowest BCUT2D eigenvalue weighted by molar-refractivity contribution is 0.304. The van der Waals surface area contributed by atoms with Crippen molar-refractivity contribution in [2.75, 3.05) is 6.61 Å². The van der Waals surface area contributed by atoms with Gasteiger partial charge in [0, 0.05) is 17.8 Å². The number of unbranched alkanes of at least 4 members (excludes halogenated alkanes) is 6. The maximum absolute atomic E-state index is 5.93. The molecule has 0 bridgehead atoms. The number of hydrogen-bond acceptors (Lipinski definition) is 2. The Morgan fingerprint density at radius 3 is 1.94 bits per heavy atom. The normalized spacial score (nSPS) is 12.0. The van der Waals surface area contributed by atoms with Crippen molar-refractivity contribution in [1.29, 1.82) is 0 Å². The van der Waals surface area contributed by atoms with Gasteiger partial charge in [0.05, 0.1) is 6.61 Å². The molecule has 0 saturated carbocycles. The number of hydrogen-bond donors (Lipinski definition) is 0. The summed E-state index contributed by atoms with van der Waals surface area (Å²) in [7, 11) is 0. The van der Waals surface area contributed by atoms with Gasteiger partial charge in [-0.1, -0.05) is 102 Å². The first-order chi connectivity index (χ1) is 15.7. The Balaban J connectivity index is 1.48. The first kappa shape index (κ1) is 24.0. The van der Waals surface area contributed by atoms with E-state index in [0.717, 1.165) is 30.9 Å². The van der Waals surface area contributed by atoms with Gasteiger partial charge in [0.15, 0.2) is 0 Å². The molecule has 2 aromatic carbocycles. The summed E-state index contributed by atoms with van der Waals surface area (Å²) in [5.74, 6) is 1.25. The Labute approximate surface area is 195 Å². The van der Waals surface area contributed by atoms with Crippen molar-refractivity contribution in [1.82, 2.24) is 4.98 Å². The minimum atomic E-state index is 0.289. The van der Waals surface area contributed by atoms with E-state index < -0.39 is 0 Å². The standard InChI is InChI=1S/C30H39NO/c1-4-6-7-8-9-10-11-22-32-29-19-17-28(18-20-29)27-15-13-26(14-16-27)24(3)30-21-12-25(5-2)23-31-30/h12-21,23-24H,4-11,22H2,1-3H3. The summed E-state index contributed by atoms with van der Waals surface area (Å²) >= 11 is 0. The van der Waals surface area contributed by atoms with E-state index >= 15 is 0 Å². The van der Waals surface area contributed by atoms with Gasteiger partial charge in [-0.2, -0.15) is 0 Å². The van der Waals surface area contributed by atoms with Crippen LogP contribution in [0, 0.1) is 0 Å². The second kappa shape index (κ2) is 13.1. The summed E-state index contributed by atoms with van der Waals surface area (Å²) in [5.41, 5.74) is 6.15. The third kappa shape index (κ3) is 7.22. The summed E-state index contributed by atoms with van der Waals surface area (Å²) < 4.78 is 5.93. The number of nitrogens with zero attached hydrogens (tertiary/aromatic N) is 1. The molecule has 0 radical (unpaired) electrons. The van der Waals surface area contributed by atoms with Crippen molar-refractivity contribution in [3.05, 3.63) is 83.7 Å². The van der Waals surface area contributed by atoms with Crippen molar-refractivity contribution >= 4 is 0 Å². The zero-order valence-corrected chi connectivity index (χ0v) is 20.1. The first-order valence-corrected chi connectivity index (χ1v) is 12.5. The van der Waals surface area contributed by atoms with Crippen LogP contribution in [0.15, 0.2) is 66.9 Å². The zero-order chi connectivity index (χ0) is 22.6. The quantitative estimate of drug-likeness (QED) is 0.254. The number of ether oxygens (including phenoxy) is 1. The molecule has 0 amide bonds. The van der Waals surface area contributed by atoms with Crippen LogP contribution in [-0.2, 0) is 6.42 Å². The van der Waals surface area contributed by atoms with Crippen molar-refractivity contribution in [3.8, 4) is 16.9 Å². The smallest absolute Gasteiger partial charge is 0.119 e. The number of aryl methyl sites for hydroxylation is 1. The first-order valence-electron chi connectivity index (χ1n) is 12.5. The van der Waals surface area contributed by atoms with Gasteiger partial charge in [-0.05, 0) is 53.3 Å². The SMILES string of the molecule is CCCCCCCCCOc1ccc(-c2ccc(C(C)c3ccc(CC)cn3)cc2)cc1. The Hall–Kier alpha value is -2.61. The molecule has 32 heavy (non-hydrogen) atoms. The number of benzene rings is 2. The van der Waals surface area contributed by atoms with Crippen molar-refractivity contribution < 1.29 is 4.74 Å². The van der Waals surface area contributed by atoms with Gasteiger partial charge in [0.25, 0.3) is 0 Å². The van der Waals surface area contributed by atoms with Crippen LogP contribution >= 0.6 is 0 Å². The fourth-order valence-corrected chi connectivity index (χ4v) is 4.03. The molecule has 3 aromatic rings. The van der Waals surface area contributed by atoms with Gasteiger partial charge in [0.2, 0.25) is 0 Å². The maximum atomic E-state index is 5.93. The van der Waals surface area contributed by atoms with E-state index in [1.54, 1.807) is 0 Å². The number of rotatable bonds is 13. The molecule has 0 aliphatic carbocycles. The van der Waals surface area contributed by atoms with Gasteiger partial charge in [0.1, 0.15) is 5.75 Å². The highest BCUT2D eigenvalue weighted by atomic mass is 16.5. The maximum Gasteiger partial charge on any atom is 0.119 e. The predicted octanol–water partition coefficient (Wildman–Crippen LogP) is 8.59. The molecule has 3 rings (SSSR count). The van der Waals surface area contributed by atoms with Gasteiger partial charge in [-0.3, -0.25) is 4.98 Å². The van der Waals surface area contributed by atoms with Crippen molar-refractivity contribution in [3.63, 3.8) is 0 Å². The van der Waals surface area contributed by atoms with Gasteiger partial charge >= 0.3 is 0 Å². The number of pyridine rings is 1. The average Bonchev–Trinajstić information content (AvgIpc) is 2.86. The van der Waals surface area contributed by atoms with Crippen LogP contribution in [-0.4, -0.2) is 11.6 Å². The summed E-state index contributed by atoms with van der Waals surface area (Å²) in [6.07, 6.45) is 12.2. The van der Waals surface area contributed by atoms with E-state index in [1.807, 2.05) is 6.20 Å². The molecular weight excluding hydrogens is 390 g/mol. The van der Waals surface area contributed by atoms with Gasteiger partial charge < -0.3 is 4.74 Å². The van der Waals surface area contributed by atoms with Crippen LogP contribution in [0.4, 0.5) is 0 Å². The predicted molar refractivity (Wildman–Crippen MR) is 136 cm³/mol. The topological polar surface area (TPSA) is 22.1 Å². The highest BCUT2D eigenvalue weighted by molar-refractivity contribution is 5.64. The third-order valence-corrected chi connectivity index (χ3v) is 6.31. The van der Waals surface area contributed by atoms with Crippen molar-refractivity contribution in [2.24, 2.45) is 0 Å². The Morgan fingerprint density at radius 1 is 0.719 bits per heavy atom. The third-order valence-electron chi connectivity index (χ3n) is 6.31. The summed E-state index contributed by atoms with van der Waals surface area (Å²) in [6.45, 7) is 7.46. The van der Waals surface area contributed by atoms with E-state index in [-0.39, 0.29) is 5.92 Å². The summed E-state index contributed by atoms with van der Waals surface area (Å²) in [4.78, 5) is 4.65. The van der Waals surface area contributed by atoms with E-state index in [9.17, 15) is 0 Å². The number of aromatic nitrogens is 1. The fourth-order valence-electron chi connectivity index (χ4n) is 4.03. The Bertz CT molecular complexity index is 897. The van der Waals surface area contributed by atoms with Crippen LogP contribution in [0.2, 0.25) is 0 Å². The molecule has 1 unspecified atom stereocenters. The molecule has 0 saturated heterocycles. The minimum absolute atomic E-state index is 0.289. The van der Waals surface area contributed by atoms with Crippen LogP contribution < -0.4 is 4.74 Å². The van der Waals surface area contributed by atoms with Crippen LogP contribution in [0.25, 0.3) is 11.1 Å². The summed E-state index contributed by atoms with van der Waals surface area (Å²) in [6, 6.07) is 21.7. The van der Waals surface area contributed by atoms with E-state index in [1.165, 1.54) is 60.8 Å². The molecule has 2 nitrogen and oxygen atoms in total. The molecular formula is C30H39NO. The second-order valence-corrected chi connectivity index (χ2v) is 8.78. The molecule has 0 aliphatic heterocycles. The molecule has 0 spiro atoms. The highest BCUT2D eigenvalue weighted by Crippen LogP contribution is 2.27. The molecule has 1 heterocycles. The Kier molecular flexibility index (Phi) is 9.81. The largest absolute Gasteiger partial charge is 0.494 e. The molecule has 0 fully saturated rings. The summed E-state index contributed by atoms with van der Waals surface area (Å²) in [5, 5.41) is 0. The van der Waals surface area contributed by atoms with Gasteiger partial charge in [-0.25, -0.2) is 0 Å². The highest BCUT2D eigenvalue weighted by Gasteiger charge is 2.10. The fraction of sp³-hybridized carbons (Fsp3) is 0.433. The lowest BCUT2D eigenvalue weighted by Gasteiger charge is -2.13. The lowest BCUT2D eigenvalue weighted by atomic mass is 9.94. The average molecular weight is 430 g/mol. The molecule has 170 valence electrons. The molecule has 0 aliphatic rings. The second-order valence-electron chi connectivity index (χ2n) is 8.78. The van der Waals surface area contributed by atoms with Crippen LogP contribution in [0.3, 0.4) is 0 Å².